The topological polar surface area (TPSA) is 52.7 Å². The Labute approximate surface area is 172 Å². The van der Waals surface area contributed by atoms with E-state index in [1.54, 1.807) is 0 Å². The lowest BCUT2D eigenvalue weighted by atomic mass is 9.85. The van der Waals surface area contributed by atoms with E-state index in [2.05, 4.69) is 40.5 Å². The Bertz CT molecular complexity index is 867. The molecule has 5 heteroatoms. The molecule has 0 saturated carbocycles. The van der Waals surface area contributed by atoms with Crippen LogP contribution in [0.1, 0.15) is 36.8 Å². The lowest BCUT2D eigenvalue weighted by molar-refractivity contribution is -0.122. The second-order valence-corrected chi connectivity index (χ2v) is 7.99. The maximum absolute atomic E-state index is 13.0. The first-order chi connectivity index (χ1) is 14.2. The molecule has 0 spiro atoms. The number of amides is 2. The van der Waals surface area contributed by atoms with Crippen LogP contribution >= 0.6 is 0 Å². The second kappa shape index (κ2) is 8.78. The molecule has 4 rings (SSSR count). The maximum Gasteiger partial charge on any atom is 0.241 e. The molecule has 2 atom stereocenters. The third-order valence-electron chi connectivity index (χ3n) is 6.14. The highest BCUT2D eigenvalue weighted by molar-refractivity contribution is 5.96. The molecule has 0 aliphatic carbocycles. The fraction of sp³-hybridized carbons (Fsp3) is 0.417. The van der Waals surface area contributed by atoms with Crippen LogP contribution in [0.4, 0.5) is 5.69 Å². The van der Waals surface area contributed by atoms with Gasteiger partial charge >= 0.3 is 0 Å². The van der Waals surface area contributed by atoms with Crippen LogP contribution < -0.4 is 10.2 Å². The van der Waals surface area contributed by atoms with Gasteiger partial charge in [-0.25, -0.2) is 0 Å². The van der Waals surface area contributed by atoms with Crippen molar-refractivity contribution in [3.05, 3.63) is 65.7 Å². The molecule has 0 aromatic heterocycles. The third kappa shape index (κ3) is 4.35. The molecule has 2 amide bonds. The molecule has 1 N–H and O–H groups in total. The molecule has 2 aromatic carbocycles. The summed E-state index contributed by atoms with van der Waals surface area (Å²) in [6.07, 6.45) is 2.33. The van der Waals surface area contributed by atoms with Gasteiger partial charge in [0, 0.05) is 37.2 Å². The van der Waals surface area contributed by atoms with Crippen molar-refractivity contribution in [3.8, 4) is 0 Å². The lowest BCUT2D eigenvalue weighted by Crippen LogP contribution is -2.53. The molecule has 2 heterocycles. The zero-order valence-corrected chi connectivity index (χ0v) is 17.0. The average molecular weight is 392 g/mol. The number of nitrogens with zero attached hydrogens (tertiary/aromatic N) is 2. The van der Waals surface area contributed by atoms with E-state index < -0.39 is 0 Å². The molecule has 0 unspecified atom stereocenters. The molecule has 0 bridgehead atoms. The quantitative estimate of drug-likeness (QED) is 0.853. The van der Waals surface area contributed by atoms with Gasteiger partial charge in [-0.2, -0.15) is 0 Å². The number of anilines is 1. The molecule has 152 valence electrons. The Morgan fingerprint density at radius 3 is 2.59 bits per heavy atom. The first-order valence-electron chi connectivity index (χ1n) is 10.6. The van der Waals surface area contributed by atoms with E-state index in [4.69, 9.17) is 0 Å². The van der Waals surface area contributed by atoms with Gasteiger partial charge in [0.05, 0.1) is 6.54 Å². The van der Waals surface area contributed by atoms with Gasteiger partial charge in [0.2, 0.25) is 11.8 Å². The van der Waals surface area contributed by atoms with Crippen molar-refractivity contribution in [1.29, 1.82) is 0 Å². The molecule has 0 radical (unpaired) electrons. The number of benzene rings is 2. The first-order valence-corrected chi connectivity index (χ1v) is 10.6. The summed E-state index contributed by atoms with van der Waals surface area (Å²) < 4.78 is 0. The SMILES string of the molecule is CCC(=O)N[C@H]1CN(CC(=O)N2CCc3ccccc32)CC[C@H]1c1ccccc1. The van der Waals surface area contributed by atoms with E-state index in [1.165, 1.54) is 11.1 Å². The number of hydrogen-bond donors (Lipinski definition) is 1. The summed E-state index contributed by atoms with van der Waals surface area (Å²) in [5.41, 5.74) is 3.55. The Morgan fingerprint density at radius 2 is 1.79 bits per heavy atom. The zero-order chi connectivity index (χ0) is 20.2. The van der Waals surface area contributed by atoms with Crippen LogP contribution in [0.15, 0.2) is 54.6 Å². The average Bonchev–Trinajstić information content (AvgIpc) is 3.19. The van der Waals surface area contributed by atoms with Gasteiger partial charge in [-0.3, -0.25) is 14.5 Å². The van der Waals surface area contributed by atoms with Gasteiger partial charge in [-0.15, -0.1) is 0 Å². The number of fused-ring (bicyclic) bond motifs is 1. The normalized spacial score (nSPS) is 21.6. The largest absolute Gasteiger partial charge is 0.351 e. The van der Waals surface area contributed by atoms with Crippen LogP contribution in [-0.2, 0) is 16.0 Å². The molecular weight excluding hydrogens is 362 g/mol. The van der Waals surface area contributed by atoms with Crippen LogP contribution in [0.5, 0.6) is 0 Å². The van der Waals surface area contributed by atoms with E-state index in [0.717, 1.165) is 31.6 Å². The van der Waals surface area contributed by atoms with Crippen molar-refractivity contribution in [2.75, 3.05) is 31.1 Å². The molecule has 1 saturated heterocycles. The van der Waals surface area contributed by atoms with Crippen molar-refractivity contribution < 1.29 is 9.59 Å². The summed E-state index contributed by atoms with van der Waals surface area (Å²) in [7, 11) is 0. The standard InChI is InChI=1S/C24H29N3O2/c1-2-23(28)25-21-16-26(14-13-20(21)18-8-4-3-5-9-18)17-24(29)27-15-12-19-10-6-7-11-22(19)27/h3-11,20-21H,2,12-17H2,1H3,(H,25,28)/t20-,21-/m0/s1. The lowest BCUT2D eigenvalue weighted by Gasteiger charge is -2.39. The van der Waals surface area contributed by atoms with Crippen LogP contribution in [0.2, 0.25) is 0 Å². The van der Waals surface area contributed by atoms with Crippen LogP contribution in [0.25, 0.3) is 0 Å². The van der Waals surface area contributed by atoms with Crippen LogP contribution in [0.3, 0.4) is 0 Å². The molecule has 2 aromatic rings. The zero-order valence-electron chi connectivity index (χ0n) is 17.0. The molecule has 2 aliphatic rings. The highest BCUT2D eigenvalue weighted by atomic mass is 16.2. The number of nitrogens with one attached hydrogen (secondary N) is 1. The predicted octanol–water partition coefficient (Wildman–Crippen LogP) is 2.96. The number of carbonyl (C=O) groups is 2. The first kappa shape index (κ1) is 19.6. The second-order valence-electron chi connectivity index (χ2n) is 7.99. The number of likely N-dealkylation sites (tertiary alicyclic amines) is 1. The summed E-state index contributed by atoms with van der Waals surface area (Å²) in [6.45, 7) is 4.59. The maximum atomic E-state index is 13.0. The molecule has 1 fully saturated rings. The fourth-order valence-electron chi connectivity index (χ4n) is 4.59. The Hall–Kier alpha value is -2.66. The van der Waals surface area contributed by atoms with E-state index in [1.807, 2.05) is 36.1 Å². The third-order valence-corrected chi connectivity index (χ3v) is 6.14. The molecular formula is C24H29N3O2. The highest BCUT2D eigenvalue weighted by Crippen LogP contribution is 2.30. The summed E-state index contributed by atoms with van der Waals surface area (Å²) in [5.74, 6) is 0.497. The summed E-state index contributed by atoms with van der Waals surface area (Å²) in [6, 6.07) is 18.6. The van der Waals surface area contributed by atoms with Gasteiger partial charge in [-0.1, -0.05) is 55.5 Å². The number of carbonyl (C=O) groups excluding carboxylic acids is 2. The van der Waals surface area contributed by atoms with E-state index >= 15 is 0 Å². The summed E-state index contributed by atoms with van der Waals surface area (Å²) >= 11 is 0. The van der Waals surface area contributed by atoms with Gasteiger partial charge in [-0.05, 0) is 36.6 Å². The number of piperidine rings is 1. The van der Waals surface area contributed by atoms with Crippen LogP contribution in [-0.4, -0.2) is 48.9 Å². The van der Waals surface area contributed by atoms with E-state index in [0.29, 0.717) is 19.5 Å². The predicted molar refractivity (Wildman–Crippen MR) is 115 cm³/mol. The summed E-state index contributed by atoms with van der Waals surface area (Å²) in [5, 5.41) is 3.20. The van der Waals surface area contributed by atoms with Crippen molar-refractivity contribution in [1.82, 2.24) is 10.2 Å². The molecule has 5 nitrogen and oxygen atoms in total. The summed E-state index contributed by atoms with van der Waals surface area (Å²) in [4.78, 5) is 29.2. The van der Waals surface area contributed by atoms with E-state index in [9.17, 15) is 9.59 Å². The monoisotopic (exact) mass is 391 g/mol. The molecule has 2 aliphatic heterocycles. The number of hydrogen-bond acceptors (Lipinski definition) is 3. The van der Waals surface area contributed by atoms with Crippen molar-refractivity contribution in [2.45, 2.75) is 38.1 Å². The minimum Gasteiger partial charge on any atom is -0.351 e. The van der Waals surface area contributed by atoms with Gasteiger partial charge in [0.25, 0.3) is 0 Å². The van der Waals surface area contributed by atoms with Crippen LogP contribution in [0, 0.1) is 0 Å². The van der Waals surface area contributed by atoms with Crippen molar-refractivity contribution in [3.63, 3.8) is 0 Å². The number of para-hydroxylation sites is 1. The van der Waals surface area contributed by atoms with Gasteiger partial charge in [0.15, 0.2) is 0 Å². The van der Waals surface area contributed by atoms with Crippen molar-refractivity contribution in [2.24, 2.45) is 0 Å². The van der Waals surface area contributed by atoms with E-state index in [-0.39, 0.29) is 23.8 Å². The highest BCUT2D eigenvalue weighted by Gasteiger charge is 2.33. The minimum atomic E-state index is 0.0252. The smallest absolute Gasteiger partial charge is 0.241 e. The van der Waals surface area contributed by atoms with Gasteiger partial charge < -0.3 is 10.2 Å². The fourth-order valence-corrected chi connectivity index (χ4v) is 4.59. The Balaban J connectivity index is 1.44. The number of rotatable bonds is 5. The molecule has 29 heavy (non-hydrogen) atoms. The Kier molecular flexibility index (Phi) is 5.95. The van der Waals surface area contributed by atoms with Gasteiger partial charge in [0.1, 0.15) is 0 Å². The minimum absolute atomic E-state index is 0.0252. The van der Waals surface area contributed by atoms with Crippen molar-refractivity contribution >= 4 is 17.5 Å². The Morgan fingerprint density at radius 1 is 1.03 bits per heavy atom.